The van der Waals surface area contributed by atoms with E-state index < -0.39 is 29.6 Å². The van der Waals surface area contributed by atoms with Gasteiger partial charge in [-0.25, -0.2) is 29.5 Å². The van der Waals surface area contributed by atoms with E-state index in [1.807, 2.05) is 81.4 Å². The van der Waals surface area contributed by atoms with Crippen LogP contribution in [0.4, 0.5) is 0 Å². The maximum Gasteiger partial charge on any atom is 0.329 e. The summed E-state index contributed by atoms with van der Waals surface area (Å²) in [6.45, 7) is 18.0. The maximum atomic E-state index is 13.0. The van der Waals surface area contributed by atoms with E-state index in [9.17, 15) is 24.3 Å². The Hall–Kier alpha value is -5.16. The number of carbonyl (C=O) groups excluding carboxylic acids is 3. The summed E-state index contributed by atoms with van der Waals surface area (Å²) >= 11 is 9.47. The Morgan fingerprint density at radius 2 is 0.938 bits per heavy atom. The smallest absolute Gasteiger partial charge is 0.329 e. The van der Waals surface area contributed by atoms with Crippen LogP contribution in [0.25, 0.3) is 22.8 Å². The monoisotopic (exact) mass is 1030 g/mol. The van der Waals surface area contributed by atoms with Crippen molar-refractivity contribution >= 4 is 78.3 Å². The van der Waals surface area contributed by atoms with Crippen molar-refractivity contribution in [2.24, 2.45) is 0 Å². The molecule has 2 atom stereocenters. The molecule has 0 bridgehead atoms. The molecular weight excluding hydrogens is 981 g/mol. The largest absolute Gasteiger partial charge is 0.480 e. The molecule has 0 saturated heterocycles. The van der Waals surface area contributed by atoms with E-state index in [-0.39, 0.29) is 29.1 Å². The normalized spacial score (nSPS) is 12.6. The minimum absolute atomic E-state index is 0.0476. The molecule has 0 aliphatic carbocycles. The zero-order valence-electron chi connectivity index (χ0n) is 37.2. The van der Waals surface area contributed by atoms with Gasteiger partial charge in [0, 0.05) is 58.5 Å². The first-order chi connectivity index (χ1) is 29.9. The van der Waals surface area contributed by atoms with Gasteiger partial charge in [0.25, 0.3) is 11.8 Å². The minimum Gasteiger partial charge on any atom is -0.480 e. The van der Waals surface area contributed by atoms with E-state index in [4.69, 9.17) is 4.74 Å². The standard InChI is InChI=1S/C26H30BrN3O3S.C22H22BrN3O3S/c1-25(2,3)21-12-11-20(34-21)23(31)30-19(24(32)33-26(4,5)6)13-16-7-9-17(10-8-16)22-28-14-18(27)15-29-22;1-22(2,3)18-9-8-17(30-18)20(27)26-16(21(28)29)10-13-4-6-14(7-5-13)19-24-11-15(23)12-25-19/h7-12,14-15,19H,13H2,1-6H3,(H,30,31);4-9,11-12,16H,10H2,1-3H3,(H,26,27)(H,28,29)/t19-;16-/m00/s1. The average molecular weight is 1030 g/mol. The van der Waals surface area contributed by atoms with Gasteiger partial charge in [-0.15, -0.1) is 22.7 Å². The van der Waals surface area contributed by atoms with Gasteiger partial charge in [-0.05, 0) is 98.9 Å². The van der Waals surface area contributed by atoms with E-state index in [0.717, 1.165) is 41.0 Å². The van der Waals surface area contributed by atoms with Gasteiger partial charge < -0.3 is 20.5 Å². The van der Waals surface area contributed by atoms with E-state index in [1.165, 1.54) is 22.7 Å². The van der Waals surface area contributed by atoms with Gasteiger partial charge in [0.1, 0.15) is 17.7 Å². The number of amides is 2. The molecule has 6 rings (SSSR count). The predicted molar refractivity (Wildman–Crippen MR) is 260 cm³/mol. The van der Waals surface area contributed by atoms with Crippen LogP contribution in [0.2, 0.25) is 0 Å². The molecule has 0 spiro atoms. The summed E-state index contributed by atoms with van der Waals surface area (Å²) in [5.41, 5.74) is 2.61. The fourth-order valence-corrected chi connectivity index (χ4v) is 8.27. The molecule has 0 aliphatic rings. The zero-order valence-corrected chi connectivity index (χ0v) is 42.0. The van der Waals surface area contributed by atoms with Crippen molar-refractivity contribution in [1.82, 2.24) is 30.6 Å². The Balaban J connectivity index is 0.000000243. The summed E-state index contributed by atoms with van der Waals surface area (Å²) in [6.07, 6.45) is 7.21. The number of halogens is 2. The van der Waals surface area contributed by atoms with Gasteiger partial charge >= 0.3 is 11.9 Å². The number of thiophene rings is 2. The van der Waals surface area contributed by atoms with Crippen molar-refractivity contribution in [2.45, 2.75) is 104 Å². The van der Waals surface area contributed by atoms with Crippen LogP contribution in [0.15, 0.2) is 107 Å². The number of carbonyl (C=O) groups is 4. The van der Waals surface area contributed by atoms with Crippen molar-refractivity contribution in [3.8, 4) is 22.8 Å². The van der Waals surface area contributed by atoms with E-state index in [1.54, 1.807) is 36.9 Å². The van der Waals surface area contributed by atoms with Crippen molar-refractivity contribution in [2.75, 3.05) is 0 Å². The molecule has 336 valence electrons. The number of benzene rings is 2. The first-order valence-electron chi connectivity index (χ1n) is 20.4. The van der Waals surface area contributed by atoms with Crippen LogP contribution < -0.4 is 10.6 Å². The minimum atomic E-state index is -1.07. The molecule has 4 aromatic heterocycles. The maximum absolute atomic E-state index is 13.0. The number of esters is 1. The number of aromatic nitrogens is 4. The molecule has 0 fully saturated rings. The van der Waals surface area contributed by atoms with Crippen molar-refractivity contribution in [3.63, 3.8) is 0 Å². The summed E-state index contributed by atoms with van der Waals surface area (Å²) in [6, 6.07) is 20.5. The third-order valence-corrected chi connectivity index (χ3v) is 13.1. The van der Waals surface area contributed by atoms with Gasteiger partial charge in [0.15, 0.2) is 11.6 Å². The summed E-state index contributed by atoms with van der Waals surface area (Å²) in [7, 11) is 0. The zero-order chi connectivity index (χ0) is 47.0. The van der Waals surface area contributed by atoms with Crippen LogP contribution in [-0.4, -0.2) is 66.5 Å². The number of hydrogen-bond acceptors (Lipinski definition) is 11. The second-order valence-corrected chi connectivity index (χ2v) is 22.0. The first kappa shape index (κ1) is 49.8. The summed E-state index contributed by atoms with van der Waals surface area (Å²) in [5, 5.41) is 15.1. The molecule has 64 heavy (non-hydrogen) atoms. The molecule has 4 heterocycles. The molecule has 0 saturated carbocycles. The highest BCUT2D eigenvalue weighted by Gasteiger charge is 2.29. The molecule has 2 aromatic carbocycles. The van der Waals surface area contributed by atoms with Crippen LogP contribution in [0.3, 0.4) is 0 Å². The second-order valence-electron chi connectivity index (χ2n) is 18.0. The van der Waals surface area contributed by atoms with Crippen molar-refractivity contribution in [1.29, 1.82) is 0 Å². The fraction of sp³-hybridized carbons (Fsp3) is 0.333. The topological polar surface area (TPSA) is 173 Å². The quantitative estimate of drug-likeness (QED) is 0.100. The Bertz CT molecular complexity index is 2540. The molecule has 16 heteroatoms. The number of ether oxygens (including phenoxy) is 1. The number of nitrogens with one attached hydrogen (secondary N) is 2. The Kier molecular flexibility index (Phi) is 16.5. The first-order valence-corrected chi connectivity index (χ1v) is 23.6. The van der Waals surface area contributed by atoms with Crippen LogP contribution in [0.1, 0.15) is 103 Å². The highest BCUT2D eigenvalue weighted by molar-refractivity contribution is 9.10. The van der Waals surface area contributed by atoms with Gasteiger partial charge in [-0.3, -0.25) is 9.59 Å². The molecule has 0 aliphatic heterocycles. The fourth-order valence-electron chi connectivity index (χ4n) is 5.92. The Morgan fingerprint density at radius 1 is 0.578 bits per heavy atom. The van der Waals surface area contributed by atoms with Crippen LogP contribution in [0, 0.1) is 0 Å². The van der Waals surface area contributed by atoms with E-state index in [0.29, 0.717) is 27.8 Å². The van der Waals surface area contributed by atoms with E-state index >= 15 is 0 Å². The molecule has 6 aromatic rings. The van der Waals surface area contributed by atoms with Gasteiger partial charge in [0.2, 0.25) is 0 Å². The van der Waals surface area contributed by atoms with Crippen molar-refractivity contribution < 1.29 is 29.0 Å². The number of hydrogen-bond donors (Lipinski definition) is 3. The lowest BCUT2D eigenvalue weighted by molar-refractivity contribution is -0.157. The second kappa shape index (κ2) is 21.2. The average Bonchev–Trinajstić information content (AvgIpc) is 3.94. The van der Waals surface area contributed by atoms with E-state index in [2.05, 4.69) is 104 Å². The lowest BCUT2D eigenvalue weighted by atomic mass is 9.95. The molecular formula is C48H52Br2N6O6S2. The summed E-state index contributed by atoms with van der Waals surface area (Å²) < 4.78 is 7.20. The summed E-state index contributed by atoms with van der Waals surface area (Å²) in [5.74, 6) is -0.997. The predicted octanol–water partition coefficient (Wildman–Crippen LogP) is 10.6. The van der Waals surface area contributed by atoms with Gasteiger partial charge in [-0.1, -0.05) is 90.1 Å². The highest BCUT2D eigenvalue weighted by atomic mass is 79.9. The van der Waals surface area contributed by atoms with Crippen LogP contribution >= 0.6 is 54.5 Å². The molecule has 0 unspecified atom stereocenters. The molecule has 12 nitrogen and oxygen atoms in total. The van der Waals surface area contributed by atoms with Gasteiger partial charge in [-0.2, -0.15) is 0 Å². The third kappa shape index (κ3) is 14.7. The van der Waals surface area contributed by atoms with Crippen LogP contribution in [0.5, 0.6) is 0 Å². The SMILES string of the molecule is CC(C)(C)OC(=O)[C@H](Cc1ccc(-c2ncc(Br)cn2)cc1)NC(=O)c1ccc(C(C)(C)C)s1.CC(C)(C)c1ccc(C(=O)N[C@@H](Cc2ccc(-c3ncc(Br)cn3)cc2)C(=O)O)s1. The number of aliphatic carboxylic acids is 1. The van der Waals surface area contributed by atoms with Crippen molar-refractivity contribution in [3.05, 3.63) is 137 Å². The number of carboxylic acids is 1. The van der Waals surface area contributed by atoms with Gasteiger partial charge in [0.05, 0.1) is 18.7 Å². The highest BCUT2D eigenvalue weighted by Crippen LogP contribution is 2.31. The Morgan fingerprint density at radius 3 is 1.27 bits per heavy atom. The summed E-state index contributed by atoms with van der Waals surface area (Å²) in [4.78, 5) is 70.6. The lowest BCUT2D eigenvalue weighted by Crippen LogP contribution is -2.45. The third-order valence-electron chi connectivity index (χ3n) is 9.28. The molecule has 2 amide bonds. The molecule has 3 N–H and O–H groups in total. The number of nitrogens with zero attached hydrogens (tertiary/aromatic N) is 4. The number of carboxylic acid groups (broad SMARTS) is 1. The molecule has 0 radical (unpaired) electrons. The van der Waals surface area contributed by atoms with Crippen LogP contribution in [-0.2, 0) is 38.0 Å². The number of rotatable bonds is 12. The Labute approximate surface area is 399 Å². The lowest BCUT2D eigenvalue weighted by Gasteiger charge is -2.24.